The Hall–Kier alpha value is -1.39. The van der Waals surface area contributed by atoms with E-state index in [1.54, 1.807) is 0 Å². The number of hydrogen-bond acceptors (Lipinski definition) is 3. The molecule has 0 aliphatic carbocycles. The van der Waals surface area contributed by atoms with Crippen LogP contribution in [0, 0.1) is 5.92 Å². The lowest BCUT2D eigenvalue weighted by Gasteiger charge is -2.45. The van der Waals surface area contributed by atoms with E-state index in [0.29, 0.717) is 11.8 Å². The summed E-state index contributed by atoms with van der Waals surface area (Å²) in [5.41, 5.74) is 1.01. The van der Waals surface area contributed by atoms with Crippen LogP contribution in [0.5, 0.6) is 0 Å². The van der Waals surface area contributed by atoms with E-state index in [-0.39, 0.29) is 23.3 Å². The van der Waals surface area contributed by atoms with E-state index in [1.807, 2.05) is 36.4 Å². The minimum Gasteiger partial charge on any atom is -0.467 e. The van der Waals surface area contributed by atoms with Crippen molar-refractivity contribution in [1.82, 2.24) is 0 Å². The molecule has 3 nitrogen and oxygen atoms in total. The van der Waals surface area contributed by atoms with Crippen molar-refractivity contribution in [2.75, 3.05) is 0 Å². The van der Waals surface area contributed by atoms with Crippen LogP contribution in [0.25, 0.3) is 0 Å². The van der Waals surface area contributed by atoms with Crippen LogP contribution in [0.3, 0.4) is 0 Å². The molecule has 0 N–H and O–H groups in total. The summed E-state index contributed by atoms with van der Waals surface area (Å²) in [6.07, 6.45) is 1.59. The summed E-state index contributed by atoms with van der Waals surface area (Å²) < 4.78 is 12.9. The molecule has 4 heteroatoms. The predicted octanol–water partition coefficient (Wildman–Crippen LogP) is 5.43. The van der Waals surface area contributed by atoms with Gasteiger partial charge in [-0.2, -0.15) is 0 Å². The Morgan fingerprint density at radius 3 is 2.28 bits per heavy atom. The van der Waals surface area contributed by atoms with Gasteiger partial charge < -0.3 is 9.16 Å². The van der Waals surface area contributed by atoms with Gasteiger partial charge >= 0.3 is 0 Å². The van der Waals surface area contributed by atoms with E-state index in [9.17, 15) is 0 Å². The average molecular weight is 360 g/mol. The van der Waals surface area contributed by atoms with E-state index in [2.05, 4.69) is 54.3 Å². The topological polar surface area (TPSA) is 30.8 Å². The van der Waals surface area contributed by atoms with Crippen LogP contribution in [-0.2, 0) is 9.16 Å². The number of aliphatic imine (C=N–C) groups is 1. The average Bonchev–Trinajstić information content (AvgIpc) is 2.54. The lowest BCUT2D eigenvalue weighted by molar-refractivity contribution is 0.0216. The lowest BCUT2D eigenvalue weighted by atomic mass is 9.94. The third-order valence-corrected chi connectivity index (χ3v) is 9.82. The van der Waals surface area contributed by atoms with Crippen molar-refractivity contribution in [3.05, 3.63) is 48.6 Å². The molecular formula is C21H33NO2Si. The van der Waals surface area contributed by atoms with Gasteiger partial charge in [-0.05, 0) is 42.3 Å². The Balaban J connectivity index is 2.39. The first-order valence-corrected chi connectivity index (χ1v) is 12.1. The van der Waals surface area contributed by atoms with E-state index < -0.39 is 8.32 Å². The molecule has 1 aliphatic heterocycles. The molecular weight excluding hydrogens is 326 g/mol. The molecule has 0 radical (unpaired) electrons. The zero-order chi connectivity index (χ0) is 18.8. The molecule has 1 heterocycles. The fourth-order valence-electron chi connectivity index (χ4n) is 2.72. The minimum atomic E-state index is -1.94. The van der Waals surface area contributed by atoms with Crippen LogP contribution in [-0.4, -0.2) is 32.5 Å². The molecule has 0 saturated heterocycles. The Bertz CT molecular complexity index is 617. The summed E-state index contributed by atoms with van der Waals surface area (Å²) >= 11 is 0. The molecule has 0 aromatic heterocycles. The van der Waals surface area contributed by atoms with Crippen LogP contribution in [0.15, 0.2) is 48.0 Å². The highest BCUT2D eigenvalue weighted by molar-refractivity contribution is 6.74. The van der Waals surface area contributed by atoms with Crippen LogP contribution < -0.4 is 0 Å². The fourth-order valence-corrected chi connectivity index (χ4v) is 4.02. The molecule has 0 saturated carbocycles. The largest absolute Gasteiger partial charge is 0.467 e. The molecule has 1 aliphatic rings. The third-order valence-electron chi connectivity index (χ3n) is 5.35. The summed E-state index contributed by atoms with van der Waals surface area (Å²) in [5.74, 6) is 1.05. The van der Waals surface area contributed by atoms with Crippen molar-refractivity contribution in [2.24, 2.45) is 10.9 Å². The van der Waals surface area contributed by atoms with Crippen molar-refractivity contribution in [3.8, 4) is 0 Å². The van der Waals surface area contributed by atoms with Crippen molar-refractivity contribution >= 4 is 14.2 Å². The summed E-state index contributed by atoms with van der Waals surface area (Å²) in [7, 11) is -1.94. The van der Waals surface area contributed by atoms with Gasteiger partial charge in [-0.3, -0.25) is 0 Å². The zero-order valence-electron chi connectivity index (χ0n) is 16.7. The third kappa shape index (κ3) is 4.42. The maximum absolute atomic E-state index is 6.74. The van der Waals surface area contributed by atoms with Crippen LogP contribution in [0.2, 0.25) is 18.1 Å². The SMILES string of the molecule is C=C[C@H]1OC(c2ccccc2)=N[C@@H](C(C)C)[C@H]1O[Si](C)(C)C(C)(C)C. The second-order valence-corrected chi connectivity index (χ2v) is 13.5. The van der Waals surface area contributed by atoms with Crippen molar-refractivity contribution in [3.63, 3.8) is 0 Å². The molecule has 0 amide bonds. The van der Waals surface area contributed by atoms with Gasteiger partial charge in [0.05, 0.1) is 6.04 Å². The van der Waals surface area contributed by atoms with E-state index in [1.165, 1.54) is 0 Å². The maximum Gasteiger partial charge on any atom is 0.217 e. The van der Waals surface area contributed by atoms with Gasteiger partial charge in [0.1, 0.15) is 12.2 Å². The Kier molecular flexibility index (Phi) is 5.95. The fraction of sp³-hybridized carbons (Fsp3) is 0.571. The maximum atomic E-state index is 6.74. The molecule has 2 rings (SSSR count). The Morgan fingerprint density at radius 2 is 1.80 bits per heavy atom. The van der Waals surface area contributed by atoms with Crippen molar-refractivity contribution in [1.29, 1.82) is 0 Å². The van der Waals surface area contributed by atoms with Crippen LogP contribution in [0.1, 0.15) is 40.2 Å². The second-order valence-electron chi connectivity index (χ2n) is 8.70. The van der Waals surface area contributed by atoms with E-state index >= 15 is 0 Å². The second kappa shape index (κ2) is 7.46. The summed E-state index contributed by atoms with van der Waals surface area (Å²) in [6, 6.07) is 10.1. The quantitative estimate of drug-likeness (QED) is 0.518. The zero-order valence-corrected chi connectivity index (χ0v) is 17.7. The highest BCUT2D eigenvalue weighted by Gasteiger charge is 2.45. The molecule has 0 spiro atoms. The van der Waals surface area contributed by atoms with Crippen molar-refractivity contribution < 1.29 is 9.16 Å². The number of hydrogen-bond donors (Lipinski definition) is 0. The lowest BCUT2D eigenvalue weighted by Crippen LogP contribution is -2.54. The molecule has 1 aromatic rings. The highest BCUT2D eigenvalue weighted by atomic mass is 28.4. The standard InChI is InChI=1S/C21H33NO2Si/c1-9-17-19(24-25(7,8)21(4,5)6)18(15(2)3)22-20(23-17)16-13-11-10-12-14-16/h9-15,17-19H,1H2,2-8H3/t17-,18+,19+/m1/s1. The number of rotatable bonds is 5. The first-order valence-electron chi connectivity index (χ1n) is 9.17. The first kappa shape index (κ1) is 19.9. The monoisotopic (exact) mass is 359 g/mol. The number of benzene rings is 1. The molecule has 0 bridgehead atoms. The molecule has 3 atom stereocenters. The van der Waals surface area contributed by atoms with E-state index in [0.717, 1.165) is 5.56 Å². The number of nitrogens with zero attached hydrogens (tertiary/aromatic N) is 1. The Morgan fingerprint density at radius 1 is 1.20 bits per heavy atom. The molecule has 0 fully saturated rings. The van der Waals surface area contributed by atoms with Crippen LogP contribution >= 0.6 is 0 Å². The predicted molar refractivity (Wildman–Crippen MR) is 109 cm³/mol. The summed E-state index contributed by atoms with van der Waals surface area (Å²) in [6.45, 7) is 19.7. The van der Waals surface area contributed by atoms with Gasteiger partial charge in [-0.1, -0.05) is 59.4 Å². The van der Waals surface area contributed by atoms with Crippen LogP contribution in [0.4, 0.5) is 0 Å². The molecule has 25 heavy (non-hydrogen) atoms. The van der Waals surface area contributed by atoms with Crippen molar-refractivity contribution in [2.45, 2.75) is 71.0 Å². The number of ether oxygens (including phenoxy) is 1. The first-order chi connectivity index (χ1) is 11.6. The van der Waals surface area contributed by atoms with Gasteiger partial charge in [0.2, 0.25) is 5.90 Å². The van der Waals surface area contributed by atoms with E-state index in [4.69, 9.17) is 14.2 Å². The van der Waals surface area contributed by atoms with Gasteiger partial charge in [0.15, 0.2) is 8.32 Å². The minimum absolute atomic E-state index is 0.0566. The molecule has 1 aromatic carbocycles. The smallest absolute Gasteiger partial charge is 0.217 e. The normalized spacial score (nSPS) is 24.6. The summed E-state index contributed by atoms with van der Waals surface area (Å²) in [5, 5.41) is 0.143. The van der Waals surface area contributed by atoms with Gasteiger partial charge in [0, 0.05) is 5.56 Å². The summed E-state index contributed by atoms with van der Waals surface area (Å²) in [4.78, 5) is 4.94. The van der Waals surface area contributed by atoms with Gasteiger partial charge in [0.25, 0.3) is 0 Å². The Labute approximate surface area is 154 Å². The van der Waals surface area contributed by atoms with Gasteiger partial charge in [-0.15, -0.1) is 0 Å². The molecule has 0 unspecified atom stereocenters. The molecule has 138 valence electrons. The van der Waals surface area contributed by atoms with Gasteiger partial charge in [-0.25, -0.2) is 4.99 Å². The highest BCUT2D eigenvalue weighted by Crippen LogP contribution is 2.40.